The van der Waals surface area contributed by atoms with E-state index in [2.05, 4.69) is 21.8 Å². The number of hydrogen-bond acceptors (Lipinski definition) is 2. The summed E-state index contributed by atoms with van der Waals surface area (Å²) >= 11 is 6.09. The van der Waals surface area contributed by atoms with Gasteiger partial charge in [-0.2, -0.15) is 0 Å². The van der Waals surface area contributed by atoms with Crippen LogP contribution in [0.2, 0.25) is 5.02 Å². The Balaban J connectivity index is 1.93. The van der Waals surface area contributed by atoms with Crippen LogP contribution in [0.15, 0.2) is 36.4 Å². The lowest BCUT2D eigenvalue weighted by Crippen LogP contribution is -2.12. The predicted octanol–water partition coefficient (Wildman–Crippen LogP) is 4.35. The number of hydrogen-bond donors (Lipinski definition) is 1. The summed E-state index contributed by atoms with van der Waals surface area (Å²) < 4.78 is 2.05. The molecule has 2 aromatic carbocycles. The molecule has 1 amide bonds. The zero-order valence-corrected chi connectivity index (χ0v) is 14.1. The van der Waals surface area contributed by atoms with Gasteiger partial charge in [0.05, 0.1) is 11.0 Å². The molecule has 1 heterocycles. The number of aryl methyl sites for hydroxylation is 2. The number of nitrogens with one attached hydrogen (secondary N) is 1. The van der Waals surface area contributed by atoms with Crippen molar-refractivity contribution in [2.45, 2.75) is 20.3 Å². The maximum absolute atomic E-state index is 12.5. The van der Waals surface area contributed by atoms with E-state index < -0.39 is 0 Å². The van der Waals surface area contributed by atoms with Gasteiger partial charge < -0.3 is 9.88 Å². The molecule has 0 saturated carbocycles. The summed E-state index contributed by atoms with van der Waals surface area (Å²) in [5.41, 5.74) is 4.02. The SMILES string of the molecule is CCc1nc2cc(C(=O)Nc3cccc(Cl)c3C)ccc2n1C. The van der Waals surface area contributed by atoms with Crippen molar-refractivity contribution in [1.29, 1.82) is 0 Å². The van der Waals surface area contributed by atoms with Crippen molar-refractivity contribution in [2.24, 2.45) is 7.05 Å². The van der Waals surface area contributed by atoms with Crippen molar-refractivity contribution in [2.75, 3.05) is 5.32 Å². The number of benzene rings is 2. The van der Waals surface area contributed by atoms with Crippen LogP contribution in [0.5, 0.6) is 0 Å². The molecule has 1 aromatic heterocycles. The number of rotatable bonds is 3. The van der Waals surface area contributed by atoms with Crippen LogP contribution in [0, 0.1) is 6.92 Å². The van der Waals surface area contributed by atoms with Crippen LogP contribution in [0.1, 0.15) is 28.7 Å². The lowest BCUT2D eigenvalue weighted by molar-refractivity contribution is 0.102. The maximum Gasteiger partial charge on any atom is 0.255 e. The molecule has 4 nitrogen and oxygen atoms in total. The standard InChI is InChI=1S/C18H18ClN3O/c1-4-17-20-15-10-12(8-9-16(15)22(17)3)18(23)21-14-7-5-6-13(19)11(14)2/h5-10H,4H2,1-3H3,(H,21,23). The number of anilines is 1. The molecule has 0 spiro atoms. The topological polar surface area (TPSA) is 46.9 Å². The predicted molar refractivity (Wildman–Crippen MR) is 94.2 cm³/mol. The number of nitrogens with zero attached hydrogens (tertiary/aromatic N) is 2. The second kappa shape index (κ2) is 6.05. The Kier molecular flexibility index (Phi) is 4.09. The molecule has 5 heteroatoms. The summed E-state index contributed by atoms with van der Waals surface area (Å²) in [5.74, 6) is 0.837. The van der Waals surface area contributed by atoms with Gasteiger partial charge >= 0.3 is 0 Å². The molecule has 0 radical (unpaired) electrons. The average Bonchev–Trinajstić information content (AvgIpc) is 2.87. The number of amides is 1. The maximum atomic E-state index is 12.5. The minimum absolute atomic E-state index is 0.166. The minimum Gasteiger partial charge on any atom is -0.331 e. The lowest BCUT2D eigenvalue weighted by atomic mass is 10.1. The van der Waals surface area contributed by atoms with Crippen molar-refractivity contribution >= 4 is 34.2 Å². The Morgan fingerprint density at radius 3 is 2.83 bits per heavy atom. The summed E-state index contributed by atoms with van der Waals surface area (Å²) in [6.07, 6.45) is 0.856. The average molecular weight is 328 g/mol. The second-order valence-electron chi connectivity index (χ2n) is 5.51. The molecule has 118 valence electrons. The van der Waals surface area contributed by atoms with E-state index in [0.717, 1.165) is 34.5 Å². The number of carbonyl (C=O) groups excluding carboxylic acids is 1. The van der Waals surface area contributed by atoms with Crippen LogP contribution in [-0.4, -0.2) is 15.5 Å². The van der Waals surface area contributed by atoms with E-state index in [1.807, 2.05) is 44.3 Å². The van der Waals surface area contributed by atoms with E-state index >= 15 is 0 Å². The third-order valence-electron chi connectivity index (χ3n) is 4.07. The zero-order valence-electron chi connectivity index (χ0n) is 13.4. The molecular formula is C18H18ClN3O. The third kappa shape index (κ3) is 2.82. The van der Waals surface area contributed by atoms with Gasteiger partial charge in [-0.3, -0.25) is 4.79 Å². The van der Waals surface area contributed by atoms with Gasteiger partial charge in [-0.05, 0) is 42.8 Å². The molecule has 0 aliphatic carbocycles. The summed E-state index contributed by atoms with van der Waals surface area (Å²) in [6.45, 7) is 3.95. The van der Waals surface area contributed by atoms with E-state index in [4.69, 9.17) is 11.6 Å². The number of aromatic nitrogens is 2. The third-order valence-corrected chi connectivity index (χ3v) is 4.48. The smallest absolute Gasteiger partial charge is 0.255 e. The van der Waals surface area contributed by atoms with Crippen molar-refractivity contribution in [3.63, 3.8) is 0 Å². The minimum atomic E-state index is -0.166. The summed E-state index contributed by atoms with van der Waals surface area (Å²) in [4.78, 5) is 17.1. The largest absolute Gasteiger partial charge is 0.331 e. The van der Waals surface area contributed by atoms with E-state index in [0.29, 0.717) is 10.6 Å². The Morgan fingerprint density at radius 1 is 1.30 bits per heavy atom. The first kappa shape index (κ1) is 15.6. The van der Waals surface area contributed by atoms with Crippen LogP contribution in [0.4, 0.5) is 5.69 Å². The van der Waals surface area contributed by atoms with Crippen molar-refractivity contribution in [3.05, 3.63) is 58.4 Å². The Morgan fingerprint density at radius 2 is 2.09 bits per heavy atom. The Labute approximate surface area is 140 Å². The first-order valence-corrected chi connectivity index (χ1v) is 7.91. The molecule has 0 saturated heterocycles. The van der Waals surface area contributed by atoms with Gasteiger partial charge in [0.15, 0.2) is 0 Å². The van der Waals surface area contributed by atoms with Gasteiger partial charge in [-0.25, -0.2) is 4.98 Å². The molecule has 0 aliphatic rings. The van der Waals surface area contributed by atoms with Gasteiger partial charge in [0.1, 0.15) is 5.82 Å². The fourth-order valence-electron chi connectivity index (χ4n) is 2.64. The molecule has 3 aromatic rings. The van der Waals surface area contributed by atoms with Gasteiger partial charge in [0, 0.05) is 29.7 Å². The molecule has 0 fully saturated rings. The molecule has 23 heavy (non-hydrogen) atoms. The number of halogens is 1. The Bertz CT molecular complexity index is 899. The summed E-state index contributed by atoms with van der Waals surface area (Å²) in [5, 5.41) is 3.54. The normalized spacial score (nSPS) is 11.0. The highest BCUT2D eigenvalue weighted by Gasteiger charge is 2.12. The highest BCUT2D eigenvalue weighted by molar-refractivity contribution is 6.31. The van der Waals surface area contributed by atoms with Gasteiger partial charge in [-0.1, -0.05) is 24.6 Å². The Hall–Kier alpha value is -2.33. The van der Waals surface area contributed by atoms with Crippen LogP contribution in [0.3, 0.4) is 0 Å². The van der Waals surface area contributed by atoms with E-state index in [1.54, 1.807) is 6.07 Å². The van der Waals surface area contributed by atoms with E-state index in [9.17, 15) is 4.79 Å². The lowest BCUT2D eigenvalue weighted by Gasteiger charge is -2.09. The second-order valence-corrected chi connectivity index (χ2v) is 5.92. The fraction of sp³-hybridized carbons (Fsp3) is 0.222. The van der Waals surface area contributed by atoms with Gasteiger partial charge in [0.25, 0.3) is 5.91 Å². The molecule has 0 unspecified atom stereocenters. The highest BCUT2D eigenvalue weighted by atomic mass is 35.5. The van der Waals surface area contributed by atoms with E-state index in [1.165, 1.54) is 0 Å². The highest BCUT2D eigenvalue weighted by Crippen LogP contribution is 2.24. The quantitative estimate of drug-likeness (QED) is 0.777. The van der Waals surface area contributed by atoms with E-state index in [-0.39, 0.29) is 5.91 Å². The summed E-state index contributed by atoms with van der Waals surface area (Å²) in [6, 6.07) is 11.0. The van der Waals surface area contributed by atoms with Crippen molar-refractivity contribution in [3.8, 4) is 0 Å². The molecule has 1 N–H and O–H groups in total. The van der Waals surface area contributed by atoms with Crippen molar-refractivity contribution < 1.29 is 4.79 Å². The molecule has 0 bridgehead atoms. The zero-order chi connectivity index (χ0) is 16.6. The first-order valence-electron chi connectivity index (χ1n) is 7.53. The molecule has 0 aliphatic heterocycles. The number of carbonyl (C=O) groups is 1. The fourth-order valence-corrected chi connectivity index (χ4v) is 2.82. The van der Waals surface area contributed by atoms with Crippen LogP contribution in [-0.2, 0) is 13.5 Å². The van der Waals surface area contributed by atoms with Crippen molar-refractivity contribution in [1.82, 2.24) is 9.55 Å². The molecule has 3 rings (SSSR count). The van der Waals surface area contributed by atoms with Crippen LogP contribution in [0.25, 0.3) is 11.0 Å². The monoisotopic (exact) mass is 327 g/mol. The molecule has 0 atom stereocenters. The van der Waals surface area contributed by atoms with Crippen LogP contribution >= 0.6 is 11.6 Å². The molecular weight excluding hydrogens is 310 g/mol. The van der Waals surface area contributed by atoms with Gasteiger partial charge in [-0.15, -0.1) is 0 Å². The number of imidazole rings is 1. The van der Waals surface area contributed by atoms with Crippen LogP contribution < -0.4 is 5.32 Å². The van der Waals surface area contributed by atoms with Gasteiger partial charge in [0.2, 0.25) is 0 Å². The summed E-state index contributed by atoms with van der Waals surface area (Å²) in [7, 11) is 1.99. The first-order chi connectivity index (χ1) is 11.0. The number of fused-ring (bicyclic) bond motifs is 1.